The first-order valence-corrected chi connectivity index (χ1v) is 5.19. The summed E-state index contributed by atoms with van der Waals surface area (Å²) in [7, 11) is 1.47. The van der Waals surface area contributed by atoms with Gasteiger partial charge in [0, 0.05) is 12.7 Å². The van der Waals surface area contributed by atoms with Crippen LogP contribution in [0.2, 0.25) is 0 Å². The summed E-state index contributed by atoms with van der Waals surface area (Å²) >= 11 is 0. The van der Waals surface area contributed by atoms with Gasteiger partial charge in [0.05, 0.1) is 18.1 Å². The SMILES string of the molecule is CN1C(=O)CC(Nc2cccc(C#N)c2)C1=O. The molecule has 2 rings (SSSR count). The average molecular weight is 229 g/mol. The summed E-state index contributed by atoms with van der Waals surface area (Å²) in [6.45, 7) is 0. The number of anilines is 1. The van der Waals surface area contributed by atoms with Crippen LogP contribution in [0.3, 0.4) is 0 Å². The van der Waals surface area contributed by atoms with Crippen molar-refractivity contribution in [2.24, 2.45) is 0 Å². The van der Waals surface area contributed by atoms with Gasteiger partial charge in [-0.25, -0.2) is 0 Å². The van der Waals surface area contributed by atoms with Gasteiger partial charge in [-0.3, -0.25) is 14.5 Å². The Morgan fingerprint density at radius 3 is 2.82 bits per heavy atom. The fourth-order valence-electron chi connectivity index (χ4n) is 1.75. The van der Waals surface area contributed by atoms with Crippen LogP contribution in [0.4, 0.5) is 5.69 Å². The first-order valence-electron chi connectivity index (χ1n) is 5.19. The van der Waals surface area contributed by atoms with E-state index in [1.807, 2.05) is 6.07 Å². The van der Waals surface area contributed by atoms with Gasteiger partial charge in [-0.05, 0) is 18.2 Å². The van der Waals surface area contributed by atoms with Gasteiger partial charge in [0.2, 0.25) is 5.91 Å². The van der Waals surface area contributed by atoms with Crippen LogP contribution in [0.5, 0.6) is 0 Å². The highest BCUT2D eigenvalue weighted by Gasteiger charge is 2.35. The van der Waals surface area contributed by atoms with E-state index in [1.54, 1.807) is 24.3 Å². The van der Waals surface area contributed by atoms with Crippen molar-refractivity contribution in [3.8, 4) is 6.07 Å². The Morgan fingerprint density at radius 1 is 1.47 bits per heavy atom. The molecule has 1 aliphatic heterocycles. The quantitative estimate of drug-likeness (QED) is 0.759. The summed E-state index contributed by atoms with van der Waals surface area (Å²) in [4.78, 5) is 24.1. The topological polar surface area (TPSA) is 73.2 Å². The number of rotatable bonds is 2. The molecule has 1 aliphatic rings. The average Bonchev–Trinajstić information content (AvgIpc) is 2.57. The second-order valence-electron chi connectivity index (χ2n) is 3.88. The van der Waals surface area contributed by atoms with Crippen molar-refractivity contribution >= 4 is 17.5 Å². The Bertz CT molecular complexity index is 519. The molecule has 5 heteroatoms. The molecule has 1 fully saturated rings. The highest BCUT2D eigenvalue weighted by Crippen LogP contribution is 2.17. The number of hydrogen-bond acceptors (Lipinski definition) is 4. The van der Waals surface area contributed by atoms with Crippen LogP contribution >= 0.6 is 0 Å². The summed E-state index contributed by atoms with van der Waals surface area (Å²) in [5.41, 5.74) is 1.19. The molecule has 1 unspecified atom stereocenters. The van der Waals surface area contributed by atoms with Gasteiger partial charge in [-0.15, -0.1) is 0 Å². The number of nitriles is 1. The van der Waals surface area contributed by atoms with E-state index in [-0.39, 0.29) is 18.2 Å². The highest BCUT2D eigenvalue weighted by molar-refractivity contribution is 6.06. The normalized spacial score (nSPS) is 19.3. The third-order valence-electron chi connectivity index (χ3n) is 2.71. The van der Waals surface area contributed by atoms with Gasteiger partial charge in [-0.1, -0.05) is 6.07 Å². The summed E-state index contributed by atoms with van der Waals surface area (Å²) in [5, 5.41) is 11.7. The maximum Gasteiger partial charge on any atom is 0.251 e. The number of likely N-dealkylation sites (N-methyl/N-ethyl adjacent to an activating group) is 1. The first kappa shape index (κ1) is 11.1. The molecule has 1 heterocycles. The number of nitrogens with zero attached hydrogens (tertiary/aromatic N) is 2. The molecular formula is C12H11N3O2. The Hall–Kier alpha value is -2.35. The largest absolute Gasteiger partial charge is 0.373 e. The molecule has 1 saturated heterocycles. The summed E-state index contributed by atoms with van der Waals surface area (Å²) in [5.74, 6) is -0.429. The molecule has 1 N–H and O–H groups in total. The molecule has 1 aromatic rings. The number of hydrogen-bond donors (Lipinski definition) is 1. The number of carbonyl (C=O) groups excluding carboxylic acids is 2. The van der Waals surface area contributed by atoms with Crippen LogP contribution in [0.1, 0.15) is 12.0 Å². The molecule has 0 bridgehead atoms. The minimum Gasteiger partial charge on any atom is -0.373 e. The van der Waals surface area contributed by atoms with Gasteiger partial charge in [0.15, 0.2) is 0 Å². The van der Waals surface area contributed by atoms with Crippen molar-refractivity contribution in [3.05, 3.63) is 29.8 Å². The molecular weight excluding hydrogens is 218 g/mol. The third-order valence-corrected chi connectivity index (χ3v) is 2.71. The van der Waals surface area contributed by atoms with E-state index >= 15 is 0 Å². The fraction of sp³-hybridized carbons (Fsp3) is 0.250. The zero-order chi connectivity index (χ0) is 12.4. The number of benzene rings is 1. The van der Waals surface area contributed by atoms with E-state index in [1.165, 1.54) is 7.05 Å². The third kappa shape index (κ3) is 2.11. The minimum absolute atomic E-state index is 0.159. The molecule has 86 valence electrons. The lowest BCUT2D eigenvalue weighted by Crippen LogP contribution is -2.31. The van der Waals surface area contributed by atoms with Crippen LogP contribution in [0.25, 0.3) is 0 Å². The van der Waals surface area contributed by atoms with Gasteiger partial charge >= 0.3 is 0 Å². The highest BCUT2D eigenvalue weighted by atomic mass is 16.2. The Kier molecular flexibility index (Phi) is 2.79. The Labute approximate surface area is 98.6 Å². The summed E-state index contributed by atoms with van der Waals surface area (Å²) in [6, 6.07) is 8.31. The van der Waals surface area contributed by atoms with Crippen molar-refractivity contribution in [2.75, 3.05) is 12.4 Å². The van der Waals surface area contributed by atoms with E-state index < -0.39 is 6.04 Å². The van der Waals surface area contributed by atoms with Crippen molar-refractivity contribution in [1.82, 2.24) is 4.90 Å². The van der Waals surface area contributed by atoms with Gasteiger partial charge in [0.1, 0.15) is 6.04 Å². The molecule has 1 aromatic carbocycles. The fourth-order valence-corrected chi connectivity index (χ4v) is 1.75. The van der Waals surface area contributed by atoms with Crippen LogP contribution < -0.4 is 5.32 Å². The van der Waals surface area contributed by atoms with Crippen molar-refractivity contribution < 1.29 is 9.59 Å². The molecule has 0 saturated carbocycles. The smallest absolute Gasteiger partial charge is 0.251 e. The minimum atomic E-state index is -0.526. The molecule has 0 aliphatic carbocycles. The van der Waals surface area contributed by atoms with E-state index in [2.05, 4.69) is 5.32 Å². The predicted octanol–water partition coefficient (Wildman–Crippen LogP) is 0.727. The van der Waals surface area contributed by atoms with E-state index in [4.69, 9.17) is 5.26 Å². The lowest BCUT2D eigenvalue weighted by atomic mass is 10.2. The number of imide groups is 1. The zero-order valence-corrected chi connectivity index (χ0v) is 9.30. The van der Waals surface area contributed by atoms with Crippen LogP contribution in [0.15, 0.2) is 24.3 Å². The van der Waals surface area contributed by atoms with Crippen molar-refractivity contribution in [3.63, 3.8) is 0 Å². The van der Waals surface area contributed by atoms with E-state index in [9.17, 15) is 9.59 Å². The van der Waals surface area contributed by atoms with Crippen LogP contribution in [0, 0.1) is 11.3 Å². The van der Waals surface area contributed by atoms with E-state index in [0.29, 0.717) is 11.3 Å². The Morgan fingerprint density at radius 2 is 2.24 bits per heavy atom. The van der Waals surface area contributed by atoms with Crippen molar-refractivity contribution in [1.29, 1.82) is 5.26 Å². The molecule has 1 atom stereocenters. The number of carbonyl (C=O) groups is 2. The van der Waals surface area contributed by atoms with Gasteiger partial charge in [0.25, 0.3) is 5.91 Å². The Balaban J connectivity index is 2.14. The maximum absolute atomic E-state index is 11.7. The second-order valence-corrected chi connectivity index (χ2v) is 3.88. The lowest BCUT2D eigenvalue weighted by molar-refractivity contribution is -0.136. The van der Waals surface area contributed by atoms with Crippen LogP contribution in [-0.2, 0) is 9.59 Å². The van der Waals surface area contributed by atoms with Gasteiger partial charge < -0.3 is 5.32 Å². The van der Waals surface area contributed by atoms with Crippen molar-refractivity contribution in [2.45, 2.75) is 12.5 Å². The van der Waals surface area contributed by atoms with Crippen LogP contribution in [-0.4, -0.2) is 29.8 Å². The molecule has 0 spiro atoms. The van der Waals surface area contributed by atoms with Gasteiger partial charge in [-0.2, -0.15) is 5.26 Å². The molecule has 0 aromatic heterocycles. The van der Waals surface area contributed by atoms with E-state index in [0.717, 1.165) is 4.90 Å². The monoisotopic (exact) mass is 229 g/mol. The molecule has 5 nitrogen and oxygen atoms in total. The second kappa shape index (κ2) is 4.26. The summed E-state index contributed by atoms with van der Waals surface area (Å²) < 4.78 is 0. The zero-order valence-electron chi connectivity index (χ0n) is 9.30. The predicted molar refractivity (Wildman–Crippen MR) is 61.0 cm³/mol. The molecule has 17 heavy (non-hydrogen) atoms. The lowest BCUT2D eigenvalue weighted by Gasteiger charge is -2.12. The number of likely N-dealkylation sites (tertiary alicyclic amines) is 1. The first-order chi connectivity index (χ1) is 8.11. The maximum atomic E-state index is 11.7. The molecule has 2 amide bonds. The number of nitrogens with one attached hydrogen (secondary N) is 1. The number of amides is 2. The summed E-state index contributed by atoms with van der Waals surface area (Å²) in [6.07, 6.45) is 0.159. The standard InChI is InChI=1S/C12H11N3O2/c1-15-11(16)6-10(12(15)17)14-9-4-2-3-8(5-9)7-13/h2-5,10,14H,6H2,1H3. The molecule has 0 radical (unpaired) electrons.